The third-order valence-electron chi connectivity index (χ3n) is 6.76. The molecule has 0 saturated carbocycles. The molecule has 0 aliphatic rings. The molecule has 2 unspecified atom stereocenters. The Kier molecular flexibility index (Phi) is 26.0. The molecule has 2 atom stereocenters. The van der Waals surface area contributed by atoms with Gasteiger partial charge in [0.25, 0.3) is 0 Å². The number of unbranched alkanes of at least 4 members (excludes halogenated alkanes) is 14. The zero-order valence-electron chi connectivity index (χ0n) is 22.3. The van der Waals surface area contributed by atoms with Crippen molar-refractivity contribution in [2.24, 2.45) is 0 Å². The Balaban J connectivity index is 3.71. The van der Waals surface area contributed by atoms with Crippen LogP contribution in [0.15, 0.2) is 0 Å². The van der Waals surface area contributed by atoms with Gasteiger partial charge in [0.05, 0.1) is 12.2 Å². The minimum absolute atomic E-state index is 0.273. The molecule has 0 bridgehead atoms. The maximum atomic E-state index is 12.5. The van der Waals surface area contributed by atoms with E-state index in [2.05, 4.69) is 13.8 Å². The van der Waals surface area contributed by atoms with Gasteiger partial charge in [-0.1, -0.05) is 128 Å². The summed E-state index contributed by atoms with van der Waals surface area (Å²) in [5.41, 5.74) is 0. The van der Waals surface area contributed by atoms with Crippen molar-refractivity contribution in [1.82, 2.24) is 0 Å². The number of rotatable bonds is 26. The molecule has 0 radical (unpaired) electrons. The van der Waals surface area contributed by atoms with Gasteiger partial charge in [-0.3, -0.25) is 0 Å². The molecule has 0 aromatic heterocycles. The average Bonchev–Trinajstić information content (AvgIpc) is 2.81. The highest BCUT2D eigenvalue weighted by molar-refractivity contribution is 7.91. The van der Waals surface area contributed by atoms with Crippen LogP contribution in [0.2, 0.25) is 0 Å². The third-order valence-corrected chi connectivity index (χ3v) is 8.14. The summed E-state index contributed by atoms with van der Waals surface area (Å²) in [6, 6.07) is 0. The monoisotopic (exact) mass is 474 g/mol. The minimum Gasteiger partial charge on any atom is -0.616 e. The Labute approximate surface area is 205 Å². The lowest BCUT2D eigenvalue weighted by molar-refractivity contribution is 0.0889. The van der Waals surface area contributed by atoms with E-state index in [0.29, 0.717) is 0 Å². The van der Waals surface area contributed by atoms with E-state index < -0.39 is 11.2 Å². The fourth-order valence-electron chi connectivity index (χ4n) is 4.40. The predicted molar refractivity (Wildman–Crippen MR) is 143 cm³/mol. The van der Waals surface area contributed by atoms with Gasteiger partial charge in [0, 0.05) is 27.1 Å². The summed E-state index contributed by atoms with van der Waals surface area (Å²) in [5.74, 6) is 1.54. The zero-order valence-corrected chi connectivity index (χ0v) is 23.2. The molecule has 0 spiro atoms. The van der Waals surface area contributed by atoms with Gasteiger partial charge in [0.15, 0.2) is 0 Å². The Bertz CT molecular complexity index is 322. The molecule has 0 aromatic rings. The Hall–Kier alpha value is 0.230. The summed E-state index contributed by atoms with van der Waals surface area (Å²) in [5, 5.41) is 0. The molecule has 0 aliphatic carbocycles. The smallest absolute Gasteiger partial charge is 0.108 e. The van der Waals surface area contributed by atoms with E-state index in [1.165, 1.54) is 103 Å². The summed E-state index contributed by atoms with van der Waals surface area (Å²) in [7, 11) is 3.62. The maximum absolute atomic E-state index is 12.5. The van der Waals surface area contributed by atoms with Gasteiger partial charge in [-0.25, -0.2) is 0 Å². The van der Waals surface area contributed by atoms with Crippen LogP contribution in [-0.4, -0.2) is 42.5 Å². The third kappa shape index (κ3) is 22.0. The van der Waals surface area contributed by atoms with E-state index in [9.17, 15) is 4.55 Å². The first-order chi connectivity index (χ1) is 15.7. The van der Waals surface area contributed by atoms with Crippen molar-refractivity contribution >= 4 is 11.2 Å². The molecule has 0 saturated heterocycles. The fourth-order valence-corrected chi connectivity index (χ4v) is 5.66. The van der Waals surface area contributed by atoms with E-state index in [4.69, 9.17) is 9.47 Å². The number of ether oxygens (including phenoxy) is 2. The second-order valence-corrected chi connectivity index (χ2v) is 11.4. The second-order valence-electron chi connectivity index (χ2n) is 9.67. The molecule has 0 aromatic carbocycles. The van der Waals surface area contributed by atoms with Crippen LogP contribution in [-0.2, 0) is 20.6 Å². The molecule has 4 heteroatoms. The molecule has 0 rings (SSSR count). The first kappa shape index (κ1) is 32.2. The zero-order chi connectivity index (χ0) is 23.7. The Morgan fingerprint density at radius 2 is 0.812 bits per heavy atom. The molecule has 3 nitrogen and oxygen atoms in total. The number of hydrogen-bond acceptors (Lipinski definition) is 3. The van der Waals surface area contributed by atoms with E-state index in [0.717, 1.165) is 37.2 Å². The molecule has 0 N–H and O–H groups in total. The molecular formula is C28H58O3S. The van der Waals surface area contributed by atoms with E-state index in [1.54, 1.807) is 0 Å². The molecular weight excluding hydrogens is 416 g/mol. The van der Waals surface area contributed by atoms with Gasteiger partial charge in [-0.05, 0) is 12.8 Å². The van der Waals surface area contributed by atoms with Gasteiger partial charge in [0.1, 0.15) is 11.5 Å². The van der Waals surface area contributed by atoms with Gasteiger partial charge >= 0.3 is 0 Å². The lowest BCUT2D eigenvalue weighted by atomic mass is 10.0. The van der Waals surface area contributed by atoms with Gasteiger partial charge in [-0.15, -0.1) is 0 Å². The first-order valence-corrected chi connectivity index (χ1v) is 15.6. The van der Waals surface area contributed by atoms with Crippen LogP contribution in [0.5, 0.6) is 0 Å². The Morgan fingerprint density at radius 1 is 0.500 bits per heavy atom. The summed E-state index contributed by atoms with van der Waals surface area (Å²) in [4.78, 5) is 0. The van der Waals surface area contributed by atoms with Crippen molar-refractivity contribution in [3.63, 3.8) is 0 Å². The highest BCUT2D eigenvalue weighted by Crippen LogP contribution is 2.16. The molecule has 0 aliphatic heterocycles. The molecule has 32 heavy (non-hydrogen) atoms. The number of methoxy groups -OCH3 is 2. The quantitative estimate of drug-likeness (QED) is 0.0930. The minimum atomic E-state index is -0.752. The van der Waals surface area contributed by atoms with Crippen LogP contribution >= 0.6 is 0 Å². The normalized spacial score (nSPS) is 14.5. The van der Waals surface area contributed by atoms with Crippen LogP contribution < -0.4 is 0 Å². The van der Waals surface area contributed by atoms with E-state index >= 15 is 0 Å². The van der Waals surface area contributed by atoms with Crippen molar-refractivity contribution in [1.29, 1.82) is 0 Å². The van der Waals surface area contributed by atoms with Crippen LogP contribution in [0.4, 0.5) is 0 Å². The van der Waals surface area contributed by atoms with Crippen molar-refractivity contribution < 1.29 is 14.0 Å². The lowest BCUT2D eigenvalue weighted by Crippen LogP contribution is -2.22. The standard InChI is InChI=1S/C28H58O3S/c1-5-7-9-11-13-15-17-19-21-27(30-3)23-25-32(29)26-24-28(31-4)22-20-18-16-14-12-10-8-6-2/h27-28H,5-26H2,1-4H3. The highest BCUT2D eigenvalue weighted by atomic mass is 32.2. The predicted octanol–water partition coefficient (Wildman–Crippen LogP) is 8.61. The van der Waals surface area contributed by atoms with Gasteiger partial charge < -0.3 is 14.0 Å². The van der Waals surface area contributed by atoms with Crippen LogP contribution in [0, 0.1) is 0 Å². The van der Waals surface area contributed by atoms with E-state index in [1.807, 2.05) is 14.2 Å². The summed E-state index contributed by atoms with van der Waals surface area (Å²) in [6.07, 6.45) is 26.2. The maximum Gasteiger partial charge on any atom is 0.108 e. The lowest BCUT2D eigenvalue weighted by Gasteiger charge is -2.19. The van der Waals surface area contributed by atoms with Crippen molar-refractivity contribution in [2.45, 2.75) is 154 Å². The Morgan fingerprint density at radius 3 is 1.12 bits per heavy atom. The van der Waals surface area contributed by atoms with Crippen LogP contribution in [0.1, 0.15) is 142 Å². The number of hydrogen-bond donors (Lipinski definition) is 0. The topological polar surface area (TPSA) is 41.5 Å². The second kappa shape index (κ2) is 25.8. The SMILES string of the molecule is CCCCCCCCCCC(CC[S+]([O-])CCC(CCCCCCCCCC)OC)OC. The summed E-state index contributed by atoms with van der Waals surface area (Å²) in [6.45, 7) is 4.54. The average molecular weight is 475 g/mol. The van der Waals surface area contributed by atoms with Gasteiger partial charge in [-0.2, -0.15) is 0 Å². The van der Waals surface area contributed by atoms with Crippen LogP contribution in [0.3, 0.4) is 0 Å². The van der Waals surface area contributed by atoms with Crippen molar-refractivity contribution in [2.75, 3.05) is 25.7 Å². The largest absolute Gasteiger partial charge is 0.616 e. The summed E-state index contributed by atoms with van der Waals surface area (Å²) >= 11 is -0.752. The summed E-state index contributed by atoms with van der Waals surface area (Å²) < 4.78 is 23.8. The van der Waals surface area contributed by atoms with Crippen LogP contribution in [0.25, 0.3) is 0 Å². The molecule has 0 heterocycles. The fraction of sp³-hybridized carbons (Fsp3) is 1.00. The van der Waals surface area contributed by atoms with E-state index in [-0.39, 0.29) is 12.2 Å². The molecule has 194 valence electrons. The van der Waals surface area contributed by atoms with Crippen molar-refractivity contribution in [3.8, 4) is 0 Å². The molecule has 0 fully saturated rings. The van der Waals surface area contributed by atoms with Crippen molar-refractivity contribution in [3.05, 3.63) is 0 Å². The molecule has 0 amide bonds. The van der Waals surface area contributed by atoms with Gasteiger partial charge in [0.2, 0.25) is 0 Å². The highest BCUT2D eigenvalue weighted by Gasteiger charge is 2.16. The first-order valence-electron chi connectivity index (χ1n) is 14.1.